The number of rotatable bonds is 4. The average Bonchev–Trinajstić information content (AvgIpc) is 2.26. The third-order valence-corrected chi connectivity index (χ3v) is 2.37. The second-order valence-corrected chi connectivity index (χ2v) is 3.70. The Labute approximate surface area is 90.9 Å². The molecule has 0 aliphatic rings. The normalized spacial score (nSPS) is 12.2. The van der Waals surface area contributed by atoms with Crippen molar-refractivity contribution < 1.29 is 4.79 Å². The van der Waals surface area contributed by atoms with Crippen molar-refractivity contribution in [3.63, 3.8) is 0 Å². The van der Waals surface area contributed by atoms with Crippen molar-refractivity contribution in [2.75, 3.05) is 7.05 Å². The van der Waals surface area contributed by atoms with Gasteiger partial charge in [-0.1, -0.05) is 29.8 Å². The van der Waals surface area contributed by atoms with E-state index in [1.165, 1.54) is 11.1 Å². The van der Waals surface area contributed by atoms with E-state index >= 15 is 0 Å². The number of aryl methyl sites for hydroxylation is 1. The zero-order valence-electron chi connectivity index (χ0n) is 9.50. The summed E-state index contributed by atoms with van der Waals surface area (Å²) < 4.78 is 0. The first kappa shape index (κ1) is 11.7. The molecule has 0 unspecified atom stereocenters. The molecule has 0 heterocycles. The Balaban J connectivity index is 2.43. The van der Waals surface area contributed by atoms with E-state index in [0.29, 0.717) is 0 Å². The molecule has 0 saturated heterocycles. The van der Waals surface area contributed by atoms with Crippen molar-refractivity contribution in [1.29, 1.82) is 0 Å². The monoisotopic (exact) mass is 206 g/mol. The van der Waals surface area contributed by atoms with Gasteiger partial charge in [0.05, 0.1) is 6.04 Å². The number of hydrogen-bond acceptors (Lipinski definition) is 2. The minimum atomic E-state index is -0.156. The van der Waals surface area contributed by atoms with Crippen LogP contribution in [0.25, 0.3) is 0 Å². The van der Waals surface area contributed by atoms with Crippen molar-refractivity contribution in [2.24, 2.45) is 0 Å². The molecule has 0 bridgehead atoms. The molecular weight excluding hydrogens is 188 g/mol. The van der Waals surface area contributed by atoms with Gasteiger partial charge in [0, 0.05) is 13.6 Å². The van der Waals surface area contributed by atoms with Crippen LogP contribution in [-0.2, 0) is 11.3 Å². The van der Waals surface area contributed by atoms with Gasteiger partial charge in [-0.15, -0.1) is 0 Å². The van der Waals surface area contributed by atoms with Crippen LogP contribution in [0.1, 0.15) is 18.1 Å². The first-order chi connectivity index (χ1) is 7.13. The molecule has 0 spiro atoms. The van der Waals surface area contributed by atoms with Gasteiger partial charge >= 0.3 is 0 Å². The van der Waals surface area contributed by atoms with Crippen LogP contribution < -0.4 is 10.6 Å². The maximum Gasteiger partial charge on any atom is 0.236 e. The molecule has 3 nitrogen and oxygen atoms in total. The SMILES string of the molecule is CNC(=O)[C@@H](C)NCc1ccc(C)cc1. The van der Waals surface area contributed by atoms with E-state index in [0.717, 1.165) is 6.54 Å². The number of carbonyl (C=O) groups is 1. The van der Waals surface area contributed by atoms with Gasteiger partial charge in [0.25, 0.3) is 0 Å². The number of amides is 1. The fraction of sp³-hybridized carbons (Fsp3) is 0.417. The molecule has 0 saturated carbocycles. The van der Waals surface area contributed by atoms with Crippen LogP contribution in [0.5, 0.6) is 0 Å². The highest BCUT2D eigenvalue weighted by Crippen LogP contribution is 2.02. The van der Waals surface area contributed by atoms with Crippen molar-refractivity contribution >= 4 is 5.91 Å². The highest BCUT2D eigenvalue weighted by atomic mass is 16.2. The van der Waals surface area contributed by atoms with Gasteiger partial charge < -0.3 is 10.6 Å². The molecule has 1 rings (SSSR count). The largest absolute Gasteiger partial charge is 0.358 e. The van der Waals surface area contributed by atoms with Crippen LogP contribution in [0, 0.1) is 6.92 Å². The zero-order valence-corrected chi connectivity index (χ0v) is 9.50. The van der Waals surface area contributed by atoms with Crippen molar-refractivity contribution in [2.45, 2.75) is 26.4 Å². The van der Waals surface area contributed by atoms with Crippen LogP contribution in [0.15, 0.2) is 24.3 Å². The minimum absolute atomic E-state index is 0.0158. The van der Waals surface area contributed by atoms with Crippen molar-refractivity contribution in [3.8, 4) is 0 Å². The molecule has 1 atom stereocenters. The third kappa shape index (κ3) is 3.72. The van der Waals surface area contributed by atoms with Gasteiger partial charge in [0.1, 0.15) is 0 Å². The van der Waals surface area contributed by atoms with Crippen LogP contribution >= 0.6 is 0 Å². The highest BCUT2D eigenvalue weighted by Gasteiger charge is 2.08. The van der Waals surface area contributed by atoms with Gasteiger partial charge in [0.15, 0.2) is 0 Å². The lowest BCUT2D eigenvalue weighted by molar-refractivity contribution is -0.122. The predicted molar refractivity (Wildman–Crippen MR) is 61.5 cm³/mol. The summed E-state index contributed by atoms with van der Waals surface area (Å²) in [6.45, 7) is 4.63. The molecule has 15 heavy (non-hydrogen) atoms. The van der Waals surface area contributed by atoms with E-state index in [-0.39, 0.29) is 11.9 Å². The van der Waals surface area contributed by atoms with Crippen LogP contribution in [-0.4, -0.2) is 19.0 Å². The maximum atomic E-state index is 11.2. The molecule has 0 aromatic heterocycles. The molecule has 0 aliphatic heterocycles. The Morgan fingerprint density at radius 2 is 1.93 bits per heavy atom. The Hall–Kier alpha value is -1.35. The molecule has 0 aliphatic carbocycles. The Morgan fingerprint density at radius 1 is 1.33 bits per heavy atom. The van der Waals surface area contributed by atoms with E-state index in [4.69, 9.17) is 0 Å². The second-order valence-electron chi connectivity index (χ2n) is 3.70. The zero-order chi connectivity index (χ0) is 11.3. The number of hydrogen-bond donors (Lipinski definition) is 2. The quantitative estimate of drug-likeness (QED) is 0.777. The van der Waals surface area contributed by atoms with E-state index in [9.17, 15) is 4.79 Å². The third-order valence-electron chi connectivity index (χ3n) is 2.37. The molecule has 0 fully saturated rings. The topological polar surface area (TPSA) is 41.1 Å². The van der Waals surface area contributed by atoms with Gasteiger partial charge in [0.2, 0.25) is 5.91 Å². The number of nitrogens with one attached hydrogen (secondary N) is 2. The first-order valence-electron chi connectivity index (χ1n) is 5.14. The van der Waals surface area contributed by atoms with E-state index < -0.39 is 0 Å². The van der Waals surface area contributed by atoms with Crippen molar-refractivity contribution in [1.82, 2.24) is 10.6 Å². The molecule has 82 valence electrons. The molecule has 1 amide bonds. The predicted octanol–water partition coefficient (Wildman–Crippen LogP) is 1.22. The average molecular weight is 206 g/mol. The Kier molecular flexibility index (Phi) is 4.31. The fourth-order valence-corrected chi connectivity index (χ4v) is 1.29. The fourth-order valence-electron chi connectivity index (χ4n) is 1.29. The molecule has 1 aromatic carbocycles. The summed E-state index contributed by atoms with van der Waals surface area (Å²) in [6, 6.07) is 8.12. The van der Waals surface area contributed by atoms with E-state index in [1.807, 2.05) is 6.92 Å². The van der Waals surface area contributed by atoms with Crippen LogP contribution in [0.4, 0.5) is 0 Å². The summed E-state index contributed by atoms with van der Waals surface area (Å²) in [5.74, 6) is 0.0158. The first-order valence-corrected chi connectivity index (χ1v) is 5.14. The molecule has 2 N–H and O–H groups in total. The Bertz CT molecular complexity index is 319. The smallest absolute Gasteiger partial charge is 0.236 e. The van der Waals surface area contributed by atoms with Crippen LogP contribution in [0.2, 0.25) is 0 Å². The number of benzene rings is 1. The molecular formula is C12H18N2O. The standard InChI is InChI=1S/C12H18N2O/c1-9-4-6-11(7-5-9)8-14-10(2)12(15)13-3/h4-7,10,14H,8H2,1-3H3,(H,13,15)/t10-/m1/s1. The summed E-state index contributed by atoms with van der Waals surface area (Å²) in [5, 5.41) is 5.77. The number of likely N-dealkylation sites (N-methyl/N-ethyl adjacent to an activating group) is 1. The molecule has 0 radical (unpaired) electrons. The second kappa shape index (κ2) is 5.51. The van der Waals surface area contributed by atoms with E-state index in [2.05, 4.69) is 41.8 Å². The van der Waals surface area contributed by atoms with Gasteiger partial charge in [-0.25, -0.2) is 0 Å². The van der Waals surface area contributed by atoms with Gasteiger partial charge in [-0.2, -0.15) is 0 Å². The lowest BCUT2D eigenvalue weighted by Gasteiger charge is -2.12. The number of carbonyl (C=O) groups excluding carboxylic acids is 1. The molecule has 3 heteroatoms. The van der Waals surface area contributed by atoms with Gasteiger partial charge in [-0.3, -0.25) is 4.79 Å². The van der Waals surface area contributed by atoms with Gasteiger partial charge in [-0.05, 0) is 19.4 Å². The van der Waals surface area contributed by atoms with Crippen molar-refractivity contribution in [3.05, 3.63) is 35.4 Å². The minimum Gasteiger partial charge on any atom is -0.358 e. The Morgan fingerprint density at radius 3 is 2.47 bits per heavy atom. The summed E-state index contributed by atoms with van der Waals surface area (Å²) in [6.07, 6.45) is 0. The summed E-state index contributed by atoms with van der Waals surface area (Å²) in [5.41, 5.74) is 2.44. The maximum absolute atomic E-state index is 11.2. The highest BCUT2D eigenvalue weighted by molar-refractivity contribution is 5.80. The summed E-state index contributed by atoms with van der Waals surface area (Å²) >= 11 is 0. The lowest BCUT2D eigenvalue weighted by Crippen LogP contribution is -2.40. The summed E-state index contributed by atoms with van der Waals surface area (Å²) in [7, 11) is 1.65. The van der Waals surface area contributed by atoms with Crippen LogP contribution in [0.3, 0.4) is 0 Å². The molecule has 1 aromatic rings. The van der Waals surface area contributed by atoms with E-state index in [1.54, 1.807) is 7.05 Å². The lowest BCUT2D eigenvalue weighted by atomic mass is 10.1. The summed E-state index contributed by atoms with van der Waals surface area (Å²) in [4.78, 5) is 11.2.